The van der Waals surface area contributed by atoms with Crippen molar-refractivity contribution in [3.63, 3.8) is 0 Å². The highest BCUT2D eigenvalue weighted by atomic mass is 19.4. The third kappa shape index (κ3) is 5.36. The molecule has 4 nitrogen and oxygen atoms in total. The van der Waals surface area contributed by atoms with E-state index in [1.807, 2.05) is 9.80 Å². The van der Waals surface area contributed by atoms with Crippen LogP contribution in [-0.4, -0.2) is 61.5 Å². The quantitative estimate of drug-likeness (QED) is 0.693. The van der Waals surface area contributed by atoms with Crippen molar-refractivity contribution in [3.05, 3.63) is 55.1 Å². The largest absolute Gasteiger partial charge is 0.416 e. The number of alkyl halides is 3. The van der Waals surface area contributed by atoms with E-state index in [1.165, 1.54) is 12.1 Å². The summed E-state index contributed by atoms with van der Waals surface area (Å²) in [5, 5.41) is 0. The van der Waals surface area contributed by atoms with Crippen molar-refractivity contribution in [3.8, 4) is 0 Å². The van der Waals surface area contributed by atoms with Crippen LogP contribution in [0.1, 0.15) is 5.56 Å². The third-order valence-electron chi connectivity index (χ3n) is 4.32. The van der Waals surface area contributed by atoms with Gasteiger partial charge in [0.2, 0.25) is 5.91 Å². The Balaban J connectivity index is 1.92. The van der Waals surface area contributed by atoms with Crippen LogP contribution in [0.2, 0.25) is 0 Å². The summed E-state index contributed by atoms with van der Waals surface area (Å²) in [7, 11) is 0. The van der Waals surface area contributed by atoms with Gasteiger partial charge in [0.25, 0.3) is 0 Å². The molecule has 1 amide bonds. The average molecular weight is 367 g/mol. The summed E-state index contributed by atoms with van der Waals surface area (Å²) in [5.74, 6) is -0.00248. The molecule has 26 heavy (non-hydrogen) atoms. The number of amides is 1. The second-order valence-electron chi connectivity index (χ2n) is 6.19. The Kier molecular flexibility index (Phi) is 6.85. The summed E-state index contributed by atoms with van der Waals surface area (Å²) in [6, 6.07) is 5.37. The first-order valence-electron chi connectivity index (χ1n) is 8.49. The van der Waals surface area contributed by atoms with E-state index < -0.39 is 11.7 Å². The number of piperazine rings is 1. The van der Waals surface area contributed by atoms with Crippen molar-refractivity contribution in [2.45, 2.75) is 6.18 Å². The number of halogens is 3. The molecule has 0 aromatic heterocycles. The van der Waals surface area contributed by atoms with Gasteiger partial charge in [-0.1, -0.05) is 18.2 Å². The minimum absolute atomic E-state index is 0.00248. The molecule has 0 N–H and O–H groups in total. The predicted molar refractivity (Wildman–Crippen MR) is 97.1 cm³/mol. The number of benzene rings is 1. The summed E-state index contributed by atoms with van der Waals surface area (Å²) in [5.41, 5.74) is -0.0807. The van der Waals surface area contributed by atoms with E-state index >= 15 is 0 Å². The molecule has 0 aliphatic carbocycles. The number of anilines is 1. The molecule has 1 aromatic carbocycles. The summed E-state index contributed by atoms with van der Waals surface area (Å²) >= 11 is 0. The SMILES string of the molecule is C=CCN(CC=C)C(=O)CN1CCN(c2cccc(C(F)(F)F)c2)CC1. The van der Waals surface area contributed by atoms with Crippen LogP contribution in [0, 0.1) is 0 Å². The Bertz CT molecular complexity index is 627. The Morgan fingerprint density at radius 1 is 1.12 bits per heavy atom. The van der Waals surface area contributed by atoms with Crippen LogP contribution < -0.4 is 4.90 Å². The van der Waals surface area contributed by atoms with Gasteiger partial charge >= 0.3 is 6.18 Å². The van der Waals surface area contributed by atoms with Crippen molar-refractivity contribution in [2.75, 3.05) is 50.7 Å². The van der Waals surface area contributed by atoms with Crippen molar-refractivity contribution in [2.24, 2.45) is 0 Å². The number of nitrogens with zero attached hydrogens (tertiary/aromatic N) is 3. The zero-order valence-corrected chi connectivity index (χ0v) is 14.7. The molecule has 1 fully saturated rings. The monoisotopic (exact) mass is 367 g/mol. The third-order valence-corrected chi connectivity index (χ3v) is 4.32. The molecule has 0 saturated carbocycles. The summed E-state index contributed by atoms with van der Waals surface area (Å²) in [6.07, 6.45) is -0.996. The lowest BCUT2D eigenvalue weighted by atomic mass is 10.1. The molecule has 0 atom stereocenters. The molecular weight excluding hydrogens is 343 g/mol. The normalized spacial score (nSPS) is 15.6. The van der Waals surface area contributed by atoms with E-state index in [-0.39, 0.29) is 12.5 Å². The van der Waals surface area contributed by atoms with Crippen molar-refractivity contribution < 1.29 is 18.0 Å². The molecule has 1 saturated heterocycles. The number of rotatable bonds is 7. The fraction of sp³-hybridized carbons (Fsp3) is 0.421. The van der Waals surface area contributed by atoms with Gasteiger partial charge in [-0.15, -0.1) is 13.2 Å². The summed E-state index contributed by atoms with van der Waals surface area (Å²) in [4.78, 5) is 18.0. The number of carbonyl (C=O) groups excluding carboxylic acids is 1. The molecular formula is C19H24F3N3O. The van der Waals surface area contributed by atoms with Crippen LogP contribution in [0.4, 0.5) is 18.9 Å². The van der Waals surface area contributed by atoms with Crippen molar-refractivity contribution >= 4 is 11.6 Å². The molecule has 1 heterocycles. The molecule has 1 aliphatic heterocycles. The van der Waals surface area contributed by atoms with Gasteiger partial charge in [0.05, 0.1) is 12.1 Å². The van der Waals surface area contributed by atoms with Crippen LogP contribution in [0.15, 0.2) is 49.6 Å². The molecule has 2 rings (SSSR count). The van der Waals surface area contributed by atoms with Gasteiger partial charge < -0.3 is 9.80 Å². The Hall–Kier alpha value is -2.28. The maximum atomic E-state index is 12.9. The molecule has 1 aliphatic rings. The van der Waals surface area contributed by atoms with Crippen LogP contribution >= 0.6 is 0 Å². The molecule has 0 bridgehead atoms. The van der Waals surface area contributed by atoms with E-state index in [1.54, 1.807) is 23.1 Å². The summed E-state index contributed by atoms with van der Waals surface area (Å²) in [6.45, 7) is 10.9. The molecule has 7 heteroatoms. The smallest absolute Gasteiger partial charge is 0.369 e. The van der Waals surface area contributed by atoms with E-state index in [0.717, 1.165) is 6.07 Å². The highest BCUT2D eigenvalue weighted by Gasteiger charge is 2.31. The Morgan fingerprint density at radius 2 is 1.73 bits per heavy atom. The maximum Gasteiger partial charge on any atom is 0.416 e. The minimum atomic E-state index is -4.34. The van der Waals surface area contributed by atoms with E-state index in [4.69, 9.17) is 0 Å². The maximum absolute atomic E-state index is 12.9. The first kappa shape index (κ1) is 20.0. The van der Waals surface area contributed by atoms with E-state index in [9.17, 15) is 18.0 Å². The highest BCUT2D eigenvalue weighted by Crippen LogP contribution is 2.31. The predicted octanol–water partition coefficient (Wildman–Crippen LogP) is 3.03. The zero-order chi connectivity index (χ0) is 19.2. The van der Waals surface area contributed by atoms with Crippen LogP contribution in [0.25, 0.3) is 0 Å². The standard InChI is InChI=1S/C19H24F3N3O/c1-3-8-25(9-4-2)18(26)15-23-10-12-24(13-11-23)17-7-5-6-16(14-17)19(20,21)22/h3-7,14H,1-2,8-13,15H2. The summed E-state index contributed by atoms with van der Waals surface area (Å²) < 4.78 is 38.6. The topological polar surface area (TPSA) is 26.8 Å². The van der Waals surface area contributed by atoms with E-state index in [0.29, 0.717) is 45.0 Å². The van der Waals surface area contributed by atoms with Gasteiger partial charge in [0.15, 0.2) is 0 Å². The zero-order valence-electron chi connectivity index (χ0n) is 14.7. The molecule has 0 spiro atoms. The average Bonchev–Trinajstić information content (AvgIpc) is 2.61. The Labute approximate surface area is 152 Å². The van der Waals surface area contributed by atoms with Gasteiger partial charge in [0, 0.05) is 45.0 Å². The van der Waals surface area contributed by atoms with Crippen molar-refractivity contribution in [1.29, 1.82) is 0 Å². The van der Waals surface area contributed by atoms with Gasteiger partial charge in [-0.05, 0) is 18.2 Å². The lowest BCUT2D eigenvalue weighted by Crippen LogP contribution is -2.50. The van der Waals surface area contributed by atoms with Gasteiger partial charge in [-0.3, -0.25) is 9.69 Å². The molecule has 0 unspecified atom stereocenters. The van der Waals surface area contributed by atoms with Crippen LogP contribution in [-0.2, 0) is 11.0 Å². The Morgan fingerprint density at radius 3 is 2.27 bits per heavy atom. The van der Waals surface area contributed by atoms with E-state index in [2.05, 4.69) is 13.2 Å². The van der Waals surface area contributed by atoms with Gasteiger partial charge in [-0.25, -0.2) is 0 Å². The number of hydrogen-bond donors (Lipinski definition) is 0. The van der Waals surface area contributed by atoms with Crippen LogP contribution in [0.3, 0.4) is 0 Å². The van der Waals surface area contributed by atoms with Crippen molar-refractivity contribution in [1.82, 2.24) is 9.80 Å². The van der Waals surface area contributed by atoms with Gasteiger partial charge in [0.1, 0.15) is 0 Å². The number of hydrogen-bond acceptors (Lipinski definition) is 3. The molecule has 0 radical (unpaired) electrons. The fourth-order valence-corrected chi connectivity index (χ4v) is 2.92. The van der Waals surface area contributed by atoms with Gasteiger partial charge in [-0.2, -0.15) is 13.2 Å². The molecule has 1 aromatic rings. The lowest BCUT2D eigenvalue weighted by Gasteiger charge is -2.36. The second-order valence-corrected chi connectivity index (χ2v) is 6.19. The lowest BCUT2D eigenvalue weighted by molar-refractivity contribution is -0.137. The molecule has 142 valence electrons. The first-order valence-corrected chi connectivity index (χ1v) is 8.49. The highest BCUT2D eigenvalue weighted by molar-refractivity contribution is 5.78. The first-order chi connectivity index (χ1) is 12.3. The second kappa shape index (κ2) is 8.89. The fourth-order valence-electron chi connectivity index (χ4n) is 2.92. The minimum Gasteiger partial charge on any atom is -0.369 e. The van der Waals surface area contributed by atoms with Crippen LogP contribution in [0.5, 0.6) is 0 Å². The number of carbonyl (C=O) groups is 1.